The molecule has 0 bridgehead atoms. The number of amides is 3. The fourth-order valence-corrected chi connectivity index (χ4v) is 4.97. The van der Waals surface area contributed by atoms with E-state index in [0.717, 1.165) is 18.4 Å². The Morgan fingerprint density at radius 3 is 2.31 bits per heavy atom. The van der Waals surface area contributed by atoms with Crippen LogP contribution in [0.5, 0.6) is 0 Å². The van der Waals surface area contributed by atoms with Crippen LogP contribution in [0, 0.1) is 0 Å². The summed E-state index contributed by atoms with van der Waals surface area (Å²) in [6.07, 6.45) is 2.69. The van der Waals surface area contributed by atoms with Gasteiger partial charge in [-0.3, -0.25) is 14.4 Å². The molecule has 1 N–H and O–H groups in total. The molecule has 8 heteroatoms. The first-order chi connectivity index (χ1) is 15.5. The summed E-state index contributed by atoms with van der Waals surface area (Å²) in [5.74, 6) is -0.610. The van der Waals surface area contributed by atoms with Crippen LogP contribution in [0.25, 0.3) is 0 Å². The van der Waals surface area contributed by atoms with Crippen molar-refractivity contribution in [1.29, 1.82) is 0 Å². The van der Waals surface area contributed by atoms with E-state index < -0.39 is 12.1 Å². The van der Waals surface area contributed by atoms with Crippen molar-refractivity contribution in [2.75, 3.05) is 13.1 Å². The third-order valence-electron chi connectivity index (χ3n) is 6.11. The van der Waals surface area contributed by atoms with Crippen LogP contribution >= 0.6 is 23.2 Å². The average Bonchev–Trinajstić information content (AvgIpc) is 3.47. The summed E-state index contributed by atoms with van der Waals surface area (Å²) in [5.41, 5.74) is 1.33. The molecular formula is C24H25Cl2N3O3. The summed E-state index contributed by atoms with van der Waals surface area (Å²) in [4.78, 5) is 42.6. The molecule has 0 saturated carbocycles. The van der Waals surface area contributed by atoms with Gasteiger partial charge in [0.05, 0.1) is 10.6 Å². The van der Waals surface area contributed by atoms with E-state index >= 15 is 0 Å². The van der Waals surface area contributed by atoms with Gasteiger partial charge in [0.1, 0.15) is 12.1 Å². The Kier molecular flexibility index (Phi) is 7.01. The first-order valence-corrected chi connectivity index (χ1v) is 11.6. The second-order valence-electron chi connectivity index (χ2n) is 8.17. The zero-order chi connectivity index (χ0) is 22.7. The van der Waals surface area contributed by atoms with Gasteiger partial charge in [-0.1, -0.05) is 53.5 Å². The van der Waals surface area contributed by atoms with Crippen molar-refractivity contribution in [2.45, 2.75) is 44.3 Å². The predicted octanol–water partition coefficient (Wildman–Crippen LogP) is 3.91. The molecular weight excluding hydrogens is 449 g/mol. The van der Waals surface area contributed by atoms with Crippen LogP contribution in [0.4, 0.5) is 0 Å². The minimum absolute atomic E-state index is 0.156. The van der Waals surface area contributed by atoms with E-state index in [9.17, 15) is 14.4 Å². The number of hydrogen-bond acceptors (Lipinski definition) is 3. The van der Waals surface area contributed by atoms with E-state index in [4.69, 9.17) is 23.2 Å². The smallest absolute Gasteiger partial charge is 0.256 e. The molecule has 4 rings (SSSR count). The summed E-state index contributed by atoms with van der Waals surface area (Å²) in [5, 5.41) is 3.66. The van der Waals surface area contributed by atoms with E-state index in [1.54, 1.807) is 21.9 Å². The van der Waals surface area contributed by atoms with E-state index in [0.29, 0.717) is 43.1 Å². The molecule has 2 aromatic carbocycles. The molecule has 0 aromatic heterocycles. The number of carbonyl (C=O) groups excluding carboxylic acids is 3. The first kappa shape index (κ1) is 22.6. The molecule has 2 aliphatic heterocycles. The summed E-state index contributed by atoms with van der Waals surface area (Å²) >= 11 is 12.2. The highest BCUT2D eigenvalue weighted by Gasteiger charge is 2.42. The van der Waals surface area contributed by atoms with E-state index in [1.807, 2.05) is 30.3 Å². The molecule has 2 aliphatic rings. The van der Waals surface area contributed by atoms with Crippen LogP contribution in [0.1, 0.15) is 41.6 Å². The predicted molar refractivity (Wildman–Crippen MR) is 124 cm³/mol. The maximum absolute atomic E-state index is 13.4. The molecule has 0 radical (unpaired) electrons. The number of hydrogen-bond donors (Lipinski definition) is 1. The second-order valence-corrected chi connectivity index (χ2v) is 9.02. The lowest BCUT2D eigenvalue weighted by Gasteiger charge is -2.31. The molecule has 2 saturated heterocycles. The number of halogens is 2. The first-order valence-electron chi connectivity index (χ1n) is 10.8. The van der Waals surface area contributed by atoms with Gasteiger partial charge < -0.3 is 15.1 Å². The summed E-state index contributed by atoms with van der Waals surface area (Å²) < 4.78 is 0. The van der Waals surface area contributed by atoms with Gasteiger partial charge in [-0.05, 0) is 49.4 Å². The minimum Gasteiger partial charge on any atom is -0.350 e. The van der Waals surface area contributed by atoms with Crippen molar-refractivity contribution >= 4 is 40.9 Å². The number of rotatable bonds is 5. The van der Waals surface area contributed by atoms with Gasteiger partial charge in [0.25, 0.3) is 5.91 Å². The fourth-order valence-electron chi connectivity index (χ4n) is 4.48. The van der Waals surface area contributed by atoms with Crippen LogP contribution in [-0.2, 0) is 16.1 Å². The highest BCUT2D eigenvalue weighted by atomic mass is 35.5. The molecule has 32 heavy (non-hydrogen) atoms. The van der Waals surface area contributed by atoms with E-state index in [-0.39, 0.29) is 22.7 Å². The van der Waals surface area contributed by atoms with Crippen LogP contribution < -0.4 is 5.32 Å². The Labute approximate surface area is 197 Å². The van der Waals surface area contributed by atoms with Crippen LogP contribution in [0.15, 0.2) is 48.5 Å². The van der Waals surface area contributed by atoms with Crippen LogP contribution in [0.2, 0.25) is 10.0 Å². The number of carbonyl (C=O) groups is 3. The zero-order valence-corrected chi connectivity index (χ0v) is 19.1. The highest BCUT2D eigenvalue weighted by molar-refractivity contribution is 6.36. The summed E-state index contributed by atoms with van der Waals surface area (Å²) in [6.45, 7) is 1.41. The maximum atomic E-state index is 13.4. The van der Waals surface area contributed by atoms with Gasteiger partial charge in [-0.2, -0.15) is 0 Å². The average molecular weight is 474 g/mol. The van der Waals surface area contributed by atoms with Crippen LogP contribution in [0.3, 0.4) is 0 Å². The van der Waals surface area contributed by atoms with Gasteiger partial charge in [0.2, 0.25) is 11.8 Å². The van der Waals surface area contributed by atoms with Gasteiger partial charge in [0, 0.05) is 24.7 Å². The van der Waals surface area contributed by atoms with Gasteiger partial charge in [-0.25, -0.2) is 0 Å². The fraction of sp³-hybridized carbons (Fsp3) is 0.375. The topological polar surface area (TPSA) is 69.7 Å². The Hall–Kier alpha value is -2.57. The Morgan fingerprint density at radius 1 is 0.906 bits per heavy atom. The molecule has 0 unspecified atom stereocenters. The molecule has 2 atom stereocenters. The van der Waals surface area contributed by atoms with Crippen LogP contribution in [-0.4, -0.2) is 52.7 Å². The molecule has 2 fully saturated rings. The lowest BCUT2D eigenvalue weighted by Crippen LogP contribution is -2.52. The van der Waals surface area contributed by atoms with Crippen molar-refractivity contribution in [1.82, 2.24) is 15.1 Å². The van der Waals surface area contributed by atoms with E-state index in [2.05, 4.69) is 5.32 Å². The number of benzene rings is 2. The molecule has 0 aliphatic carbocycles. The van der Waals surface area contributed by atoms with E-state index in [1.165, 1.54) is 6.07 Å². The molecule has 2 heterocycles. The Bertz CT molecular complexity index is 1010. The second kappa shape index (κ2) is 9.92. The normalized spacial score (nSPS) is 20.4. The summed E-state index contributed by atoms with van der Waals surface area (Å²) in [7, 11) is 0. The minimum atomic E-state index is -0.586. The van der Waals surface area contributed by atoms with Gasteiger partial charge in [-0.15, -0.1) is 0 Å². The third-order valence-corrected chi connectivity index (χ3v) is 6.66. The van der Waals surface area contributed by atoms with Crippen molar-refractivity contribution in [3.05, 3.63) is 69.7 Å². The van der Waals surface area contributed by atoms with Gasteiger partial charge >= 0.3 is 0 Å². The van der Waals surface area contributed by atoms with Gasteiger partial charge in [0.15, 0.2) is 0 Å². The maximum Gasteiger partial charge on any atom is 0.256 e. The zero-order valence-electron chi connectivity index (χ0n) is 17.6. The lowest BCUT2D eigenvalue weighted by atomic mass is 10.1. The van der Waals surface area contributed by atoms with Crippen molar-refractivity contribution in [3.8, 4) is 0 Å². The lowest BCUT2D eigenvalue weighted by molar-refractivity contribution is -0.141. The Balaban J connectivity index is 1.44. The molecule has 0 spiro atoms. The molecule has 3 amide bonds. The largest absolute Gasteiger partial charge is 0.350 e. The SMILES string of the molecule is O=C(NCc1ccccc1)[C@H]1CCCN1C(=O)[C@@H]1CCCN1C(=O)c1ccc(Cl)cc1Cl. The van der Waals surface area contributed by atoms with Crippen molar-refractivity contribution in [3.63, 3.8) is 0 Å². The molecule has 6 nitrogen and oxygen atoms in total. The van der Waals surface area contributed by atoms with Crippen molar-refractivity contribution in [2.24, 2.45) is 0 Å². The quantitative estimate of drug-likeness (QED) is 0.715. The number of nitrogens with zero attached hydrogens (tertiary/aromatic N) is 2. The highest BCUT2D eigenvalue weighted by Crippen LogP contribution is 2.29. The number of nitrogens with one attached hydrogen (secondary N) is 1. The summed E-state index contributed by atoms with van der Waals surface area (Å²) in [6, 6.07) is 13.3. The molecule has 2 aromatic rings. The molecule has 168 valence electrons. The number of likely N-dealkylation sites (tertiary alicyclic amines) is 2. The Morgan fingerprint density at radius 2 is 1.59 bits per heavy atom. The third kappa shape index (κ3) is 4.76. The standard InChI is InChI=1S/C24H25Cl2N3O3/c25-17-10-11-18(19(26)14-17)23(31)29-13-5-9-21(29)24(32)28-12-4-8-20(28)22(30)27-15-16-6-2-1-3-7-16/h1-3,6-7,10-11,14,20-21H,4-5,8-9,12-13,15H2,(H,27,30)/t20-,21+/m1/s1. The van der Waals surface area contributed by atoms with Crippen molar-refractivity contribution < 1.29 is 14.4 Å². The monoisotopic (exact) mass is 473 g/mol.